The van der Waals surface area contributed by atoms with Crippen LogP contribution in [0.4, 0.5) is 15.8 Å². The first-order valence-corrected chi connectivity index (χ1v) is 7.98. The molecule has 0 saturated carbocycles. The SMILES string of the molecule is CN1CCN(c2ccc(CNNc3ccccc3)c(F)c2)CC1. The second kappa shape index (κ2) is 7.44. The lowest BCUT2D eigenvalue weighted by Gasteiger charge is -2.34. The zero-order valence-electron chi connectivity index (χ0n) is 13.4. The van der Waals surface area contributed by atoms with Crippen molar-refractivity contribution in [3.05, 3.63) is 59.9 Å². The van der Waals surface area contributed by atoms with Crippen molar-refractivity contribution in [3.8, 4) is 0 Å². The molecule has 1 fully saturated rings. The number of para-hydroxylation sites is 1. The highest BCUT2D eigenvalue weighted by molar-refractivity contribution is 5.49. The van der Waals surface area contributed by atoms with Crippen LogP contribution in [0, 0.1) is 5.82 Å². The molecule has 3 rings (SSSR count). The van der Waals surface area contributed by atoms with Crippen LogP contribution in [0.25, 0.3) is 0 Å². The van der Waals surface area contributed by atoms with Crippen molar-refractivity contribution < 1.29 is 4.39 Å². The molecular formula is C18H23FN4. The van der Waals surface area contributed by atoms with E-state index in [1.165, 1.54) is 0 Å². The average molecular weight is 314 g/mol. The number of anilines is 2. The number of hydrogen-bond donors (Lipinski definition) is 2. The molecule has 1 heterocycles. The van der Waals surface area contributed by atoms with Gasteiger partial charge in [0.15, 0.2) is 0 Å². The van der Waals surface area contributed by atoms with Crippen LogP contribution in [0.15, 0.2) is 48.5 Å². The standard InChI is InChI=1S/C18H23FN4/c1-22-9-11-23(12-10-22)17-8-7-15(18(19)13-17)14-20-21-16-5-3-2-4-6-16/h2-8,13,20-21H,9-12,14H2,1H3. The van der Waals surface area contributed by atoms with E-state index in [0.717, 1.165) is 37.6 Å². The number of likely N-dealkylation sites (N-methyl/N-ethyl adjacent to an activating group) is 1. The Balaban J connectivity index is 1.56. The van der Waals surface area contributed by atoms with Gasteiger partial charge < -0.3 is 15.2 Å². The highest BCUT2D eigenvalue weighted by atomic mass is 19.1. The summed E-state index contributed by atoms with van der Waals surface area (Å²) in [6.07, 6.45) is 0. The molecule has 2 aromatic rings. The zero-order chi connectivity index (χ0) is 16.1. The Morgan fingerprint density at radius 1 is 1.00 bits per heavy atom. The second-order valence-corrected chi connectivity index (χ2v) is 5.91. The molecule has 0 bridgehead atoms. The molecule has 23 heavy (non-hydrogen) atoms. The number of piperazine rings is 1. The van der Waals surface area contributed by atoms with Crippen LogP contribution in [0.1, 0.15) is 5.56 Å². The Morgan fingerprint density at radius 3 is 2.43 bits per heavy atom. The van der Waals surface area contributed by atoms with Gasteiger partial charge >= 0.3 is 0 Å². The number of hydrazine groups is 1. The first-order valence-electron chi connectivity index (χ1n) is 7.98. The molecule has 0 radical (unpaired) electrons. The summed E-state index contributed by atoms with van der Waals surface area (Å²) in [5.74, 6) is -0.163. The van der Waals surface area contributed by atoms with E-state index in [1.807, 2.05) is 42.5 Å². The van der Waals surface area contributed by atoms with E-state index in [2.05, 4.69) is 27.7 Å². The molecule has 0 aliphatic carbocycles. The summed E-state index contributed by atoms with van der Waals surface area (Å²) in [7, 11) is 2.12. The minimum absolute atomic E-state index is 0.163. The molecule has 0 spiro atoms. The fourth-order valence-electron chi connectivity index (χ4n) is 2.70. The van der Waals surface area contributed by atoms with Gasteiger partial charge in [0.1, 0.15) is 5.82 Å². The molecule has 1 aliphatic rings. The summed E-state index contributed by atoms with van der Waals surface area (Å²) in [5.41, 5.74) is 8.71. The van der Waals surface area contributed by atoms with Gasteiger partial charge in [-0.2, -0.15) is 0 Å². The zero-order valence-corrected chi connectivity index (χ0v) is 13.4. The van der Waals surface area contributed by atoms with Gasteiger partial charge in [0.25, 0.3) is 0 Å². The Bertz CT molecular complexity index is 624. The fourth-order valence-corrected chi connectivity index (χ4v) is 2.70. The number of hydrogen-bond acceptors (Lipinski definition) is 4. The maximum atomic E-state index is 14.3. The molecular weight excluding hydrogens is 291 g/mol. The van der Waals surface area contributed by atoms with Gasteiger partial charge in [-0.25, -0.2) is 9.82 Å². The van der Waals surface area contributed by atoms with E-state index in [-0.39, 0.29) is 5.82 Å². The van der Waals surface area contributed by atoms with Crippen molar-refractivity contribution >= 4 is 11.4 Å². The minimum Gasteiger partial charge on any atom is -0.369 e. The molecule has 122 valence electrons. The predicted molar refractivity (Wildman–Crippen MR) is 93.0 cm³/mol. The van der Waals surface area contributed by atoms with Crippen molar-refractivity contribution in [2.75, 3.05) is 43.6 Å². The van der Waals surface area contributed by atoms with Gasteiger partial charge in [-0.1, -0.05) is 24.3 Å². The van der Waals surface area contributed by atoms with E-state index in [9.17, 15) is 4.39 Å². The lowest BCUT2D eigenvalue weighted by molar-refractivity contribution is 0.312. The molecule has 0 amide bonds. The largest absolute Gasteiger partial charge is 0.369 e. The second-order valence-electron chi connectivity index (χ2n) is 5.91. The molecule has 1 saturated heterocycles. The molecule has 0 aromatic heterocycles. The van der Waals surface area contributed by atoms with Gasteiger partial charge in [0, 0.05) is 49.7 Å². The van der Waals surface area contributed by atoms with Crippen LogP contribution >= 0.6 is 0 Å². The van der Waals surface area contributed by atoms with Crippen molar-refractivity contribution in [1.29, 1.82) is 0 Å². The van der Waals surface area contributed by atoms with E-state index in [0.29, 0.717) is 12.1 Å². The Morgan fingerprint density at radius 2 is 1.74 bits per heavy atom. The van der Waals surface area contributed by atoms with Gasteiger partial charge in [0.2, 0.25) is 0 Å². The Kier molecular flexibility index (Phi) is 5.10. The Labute approximate surface area is 136 Å². The van der Waals surface area contributed by atoms with Crippen molar-refractivity contribution in [2.24, 2.45) is 0 Å². The topological polar surface area (TPSA) is 30.5 Å². The van der Waals surface area contributed by atoms with E-state index < -0.39 is 0 Å². The maximum Gasteiger partial charge on any atom is 0.129 e. The van der Waals surface area contributed by atoms with Crippen molar-refractivity contribution in [1.82, 2.24) is 10.3 Å². The number of halogens is 1. The highest BCUT2D eigenvalue weighted by Crippen LogP contribution is 2.20. The summed E-state index contributed by atoms with van der Waals surface area (Å²) in [5, 5.41) is 0. The molecule has 4 nitrogen and oxygen atoms in total. The molecule has 0 unspecified atom stereocenters. The van der Waals surface area contributed by atoms with E-state index >= 15 is 0 Å². The van der Waals surface area contributed by atoms with Crippen LogP contribution in [0.2, 0.25) is 0 Å². The summed E-state index contributed by atoms with van der Waals surface area (Å²) in [6.45, 7) is 4.37. The summed E-state index contributed by atoms with van der Waals surface area (Å²) < 4.78 is 14.3. The third-order valence-electron chi connectivity index (χ3n) is 4.19. The van der Waals surface area contributed by atoms with Crippen LogP contribution in [-0.4, -0.2) is 38.1 Å². The van der Waals surface area contributed by atoms with Gasteiger partial charge in [-0.05, 0) is 31.3 Å². The van der Waals surface area contributed by atoms with Crippen LogP contribution in [0.5, 0.6) is 0 Å². The lowest BCUT2D eigenvalue weighted by atomic mass is 10.1. The number of rotatable bonds is 5. The molecule has 2 aromatic carbocycles. The molecule has 2 N–H and O–H groups in total. The first-order chi connectivity index (χ1) is 11.2. The quantitative estimate of drug-likeness (QED) is 0.831. The number of nitrogens with one attached hydrogen (secondary N) is 2. The van der Waals surface area contributed by atoms with Gasteiger partial charge in [0.05, 0.1) is 0 Å². The van der Waals surface area contributed by atoms with E-state index in [4.69, 9.17) is 0 Å². The third kappa shape index (κ3) is 4.21. The highest BCUT2D eigenvalue weighted by Gasteiger charge is 2.15. The van der Waals surface area contributed by atoms with Crippen LogP contribution in [-0.2, 0) is 6.54 Å². The molecule has 5 heteroatoms. The monoisotopic (exact) mass is 314 g/mol. The van der Waals surface area contributed by atoms with Gasteiger partial charge in [-0.3, -0.25) is 0 Å². The number of benzene rings is 2. The smallest absolute Gasteiger partial charge is 0.129 e. The summed E-state index contributed by atoms with van der Waals surface area (Å²) in [6, 6.07) is 15.3. The van der Waals surface area contributed by atoms with Crippen molar-refractivity contribution in [2.45, 2.75) is 6.54 Å². The van der Waals surface area contributed by atoms with Crippen LogP contribution < -0.4 is 15.8 Å². The van der Waals surface area contributed by atoms with Gasteiger partial charge in [-0.15, -0.1) is 0 Å². The van der Waals surface area contributed by atoms with Crippen LogP contribution in [0.3, 0.4) is 0 Å². The third-order valence-corrected chi connectivity index (χ3v) is 4.19. The maximum absolute atomic E-state index is 14.3. The first kappa shape index (κ1) is 15.8. The minimum atomic E-state index is -0.163. The normalized spacial score (nSPS) is 15.7. The summed E-state index contributed by atoms with van der Waals surface area (Å²) in [4.78, 5) is 4.53. The van der Waals surface area contributed by atoms with Crippen molar-refractivity contribution in [3.63, 3.8) is 0 Å². The molecule has 0 atom stereocenters. The summed E-state index contributed by atoms with van der Waals surface area (Å²) >= 11 is 0. The molecule has 1 aliphatic heterocycles. The average Bonchev–Trinajstić information content (AvgIpc) is 2.58. The van der Waals surface area contributed by atoms with E-state index in [1.54, 1.807) is 6.07 Å². The number of nitrogens with zero attached hydrogens (tertiary/aromatic N) is 2. The lowest BCUT2D eigenvalue weighted by Crippen LogP contribution is -2.44. The predicted octanol–water partition coefficient (Wildman–Crippen LogP) is 2.69. The fraction of sp³-hybridized carbons (Fsp3) is 0.333. The Hall–Kier alpha value is -2.11.